The minimum atomic E-state index is -4.61. The van der Waals surface area contributed by atoms with E-state index in [2.05, 4.69) is 0 Å². The number of rotatable bonds is 0. The van der Waals surface area contributed by atoms with Crippen molar-refractivity contribution in [2.24, 2.45) is 0 Å². The second-order valence-electron chi connectivity index (χ2n) is 0.600. The molecule has 7 heteroatoms. The minimum Gasteiger partial charge on any atom is -0.368 e. The van der Waals surface area contributed by atoms with Gasteiger partial charge in [-0.15, -0.1) is 0 Å². The Labute approximate surface area is 82.0 Å². The Kier molecular flexibility index (Phi) is 13.7. The first kappa shape index (κ1) is 16.0. The van der Waals surface area contributed by atoms with Crippen molar-refractivity contribution in [1.29, 1.82) is 0 Å². The number of hydrogen-bond acceptors (Lipinski definition) is 4. The van der Waals surface area contributed by atoms with Crippen LogP contribution in [0.4, 0.5) is 0 Å². The largest absolute Gasteiger partial charge is 0.668 e. The molecule has 7 heavy (non-hydrogen) atoms. The zero-order valence-electron chi connectivity index (χ0n) is 3.29. The van der Waals surface area contributed by atoms with Gasteiger partial charge in [0.15, 0.2) is 0 Å². The van der Waals surface area contributed by atoms with E-state index in [1.165, 1.54) is 0 Å². The van der Waals surface area contributed by atoms with Gasteiger partial charge in [0, 0.05) is 54.6 Å². The second kappa shape index (κ2) is 6.03. The molecule has 0 rings (SSSR count). The minimum absolute atomic E-state index is 0. The quantitative estimate of drug-likeness (QED) is 0.257. The van der Waals surface area contributed by atoms with E-state index in [9.17, 15) is 0 Å². The summed E-state index contributed by atoms with van der Waals surface area (Å²) >= 11 is 0. The van der Waals surface area contributed by atoms with E-state index >= 15 is 0 Å². The van der Waals surface area contributed by atoms with E-state index in [0.29, 0.717) is 0 Å². The van der Waals surface area contributed by atoms with E-state index in [0.717, 1.165) is 0 Å². The smallest absolute Gasteiger partial charge is 0.368 e. The van der Waals surface area contributed by atoms with Crippen molar-refractivity contribution in [3.05, 3.63) is 0 Å². The Hall–Kier alpha value is 1.90. The van der Waals surface area contributed by atoms with Crippen molar-refractivity contribution in [1.82, 2.24) is 0 Å². The summed E-state index contributed by atoms with van der Waals surface area (Å²) in [6.07, 6.45) is 0. The monoisotopic (exact) mass is 512 g/mol. The molecule has 0 atom stereocenters. The summed E-state index contributed by atoms with van der Waals surface area (Å²) in [6, 6.07) is 0. The van der Waals surface area contributed by atoms with Crippen LogP contribution >= 0.6 is 0 Å². The van der Waals surface area contributed by atoms with Crippen LogP contribution in [0.1, 0.15) is 0 Å². The average molecular weight is 511 g/mol. The van der Waals surface area contributed by atoms with E-state index in [1.54, 1.807) is 0 Å². The second-order valence-corrected chi connectivity index (χ2v) is 1.80. The molecular weight excluding hydrogens is 506 g/mol. The number of hydrogen-bond donors (Lipinski definition) is 4. The van der Waals surface area contributed by atoms with Crippen LogP contribution in [0.5, 0.6) is 0 Å². The molecule has 4 nitrogen and oxygen atoms in total. The third kappa shape index (κ3) is 76.1. The van der Waals surface area contributed by atoms with Gasteiger partial charge in [-0.2, -0.15) is 0 Å². The third-order valence-corrected chi connectivity index (χ3v) is 0. The van der Waals surface area contributed by atoms with Crippen LogP contribution in [0.2, 0.25) is 0 Å². The summed E-state index contributed by atoms with van der Waals surface area (Å²) in [6.45, 7) is 0. The van der Waals surface area contributed by atoms with E-state index in [-0.39, 0.29) is 54.6 Å². The van der Waals surface area contributed by atoms with E-state index < -0.39 is 9.05 Å². The van der Waals surface area contributed by atoms with Crippen molar-refractivity contribution in [3.8, 4) is 0 Å². The van der Waals surface area contributed by atoms with Crippen molar-refractivity contribution in [3.63, 3.8) is 0 Å². The summed E-state index contributed by atoms with van der Waals surface area (Å²) in [4.78, 5) is 29.3. The fourth-order valence-electron chi connectivity index (χ4n) is 0. The van der Waals surface area contributed by atoms with Gasteiger partial charge in [0.05, 0.1) is 0 Å². The van der Waals surface area contributed by atoms with Crippen molar-refractivity contribution in [2.75, 3.05) is 0 Å². The van der Waals surface area contributed by atoms with Crippen LogP contribution in [0.3, 0.4) is 0 Å². The van der Waals surface area contributed by atoms with Gasteiger partial charge in [-0.05, 0) is 0 Å². The van der Waals surface area contributed by atoms with Crippen LogP contribution < -0.4 is 0 Å². The van der Waals surface area contributed by atoms with Gasteiger partial charge in [0.1, 0.15) is 0 Å². The molecule has 0 aromatic rings. The molecule has 0 spiro atoms. The summed E-state index contributed by atoms with van der Waals surface area (Å²) in [5, 5.41) is 0. The zero-order valence-corrected chi connectivity index (χ0v) is 12.1. The van der Waals surface area contributed by atoms with E-state index in [1.807, 2.05) is 0 Å². The zero-order chi connectivity index (χ0) is 4.50. The molecule has 0 saturated heterocycles. The third-order valence-electron chi connectivity index (χ3n) is 0. The molecule has 0 heterocycles. The standard InChI is InChI=1S/H4O4Si.2Pb/c1-5(2,3)4;;/h1-4H;;. The molecule has 0 saturated carbocycles. The predicted molar refractivity (Wildman–Crippen MR) is 26.1 cm³/mol. The average Bonchev–Trinajstić information content (AvgIpc) is 0.722. The first-order valence-electron chi connectivity index (χ1n) is 0.894. The van der Waals surface area contributed by atoms with Crippen LogP contribution in [0.25, 0.3) is 0 Å². The normalized spacial score (nSPS) is 8.57. The molecule has 8 radical (unpaired) electrons. The Morgan fingerprint density at radius 1 is 0.714 bits per heavy atom. The summed E-state index contributed by atoms with van der Waals surface area (Å²) < 4.78 is 0. The van der Waals surface area contributed by atoms with Gasteiger partial charge >= 0.3 is 9.05 Å². The molecule has 4 N–H and O–H groups in total. The van der Waals surface area contributed by atoms with Gasteiger partial charge in [-0.25, -0.2) is 0 Å². The van der Waals surface area contributed by atoms with Crippen molar-refractivity contribution < 1.29 is 19.2 Å². The Morgan fingerprint density at radius 3 is 0.714 bits per heavy atom. The Morgan fingerprint density at radius 2 is 0.714 bits per heavy atom. The fourth-order valence-corrected chi connectivity index (χ4v) is 0. The molecule has 0 aliphatic heterocycles. The summed E-state index contributed by atoms with van der Waals surface area (Å²) in [5.74, 6) is 0. The fraction of sp³-hybridized carbons (Fsp3) is 0. The molecule has 40 valence electrons. The van der Waals surface area contributed by atoms with Crippen LogP contribution in [-0.2, 0) is 0 Å². The molecule has 0 bridgehead atoms. The molecular formula is H4O4Pb2Si. The molecule has 0 aromatic carbocycles. The molecule has 0 aromatic heterocycles. The topological polar surface area (TPSA) is 80.9 Å². The summed E-state index contributed by atoms with van der Waals surface area (Å²) in [7, 11) is -4.61. The van der Waals surface area contributed by atoms with E-state index in [4.69, 9.17) is 19.2 Å². The summed E-state index contributed by atoms with van der Waals surface area (Å²) in [5.41, 5.74) is 0. The molecule has 0 unspecified atom stereocenters. The van der Waals surface area contributed by atoms with Gasteiger partial charge in [-0.1, -0.05) is 0 Å². The van der Waals surface area contributed by atoms with Gasteiger partial charge in [0.2, 0.25) is 0 Å². The van der Waals surface area contributed by atoms with Gasteiger partial charge in [0.25, 0.3) is 0 Å². The van der Waals surface area contributed by atoms with Crippen LogP contribution in [-0.4, -0.2) is 82.8 Å². The van der Waals surface area contributed by atoms with Crippen LogP contribution in [0, 0.1) is 0 Å². The SMILES string of the molecule is O[Si](O)(O)O.[Pb].[Pb]. The molecule has 0 aliphatic carbocycles. The Balaban J connectivity index is -0.0000000800. The molecule has 0 aliphatic rings. The predicted octanol–water partition coefficient (Wildman–Crippen LogP) is -3.37. The maximum Gasteiger partial charge on any atom is 0.668 e. The van der Waals surface area contributed by atoms with Crippen molar-refractivity contribution >= 4 is 63.6 Å². The molecule has 0 fully saturated rings. The van der Waals surface area contributed by atoms with Crippen molar-refractivity contribution in [2.45, 2.75) is 0 Å². The van der Waals surface area contributed by atoms with Crippen LogP contribution in [0.15, 0.2) is 0 Å². The van der Waals surface area contributed by atoms with Gasteiger partial charge < -0.3 is 19.2 Å². The first-order chi connectivity index (χ1) is 2.00. The molecule has 0 amide bonds. The van der Waals surface area contributed by atoms with Gasteiger partial charge in [-0.3, -0.25) is 0 Å². The maximum absolute atomic E-state index is 7.33. The first-order valence-corrected chi connectivity index (χ1v) is 2.68. The Bertz CT molecular complexity index is 25.2. The maximum atomic E-state index is 7.33.